The number of unbranched alkanes of at least 4 members (excludes halogenated alkanes) is 2. The number of aryl methyl sites for hydroxylation is 1. The van der Waals surface area contributed by atoms with Crippen LogP contribution in [0.5, 0.6) is 5.75 Å². The number of halogens is 1. The van der Waals surface area contributed by atoms with E-state index in [2.05, 4.69) is 125 Å². The van der Waals surface area contributed by atoms with E-state index in [9.17, 15) is 9.18 Å². The molecule has 1 heterocycles. The molecule has 1 fully saturated rings. The summed E-state index contributed by atoms with van der Waals surface area (Å²) in [6, 6.07) is 11.6. The van der Waals surface area contributed by atoms with Gasteiger partial charge in [0.25, 0.3) is 0 Å². The Balaban J connectivity index is 0.00000572. The number of hydrogen-bond acceptors (Lipinski definition) is 4. The second kappa shape index (κ2) is 42.7. The van der Waals surface area contributed by atoms with Crippen molar-refractivity contribution in [3.63, 3.8) is 0 Å². The van der Waals surface area contributed by atoms with Crippen LogP contribution in [0.4, 0.5) is 9.18 Å². The predicted octanol–water partition coefficient (Wildman–Crippen LogP) is 22.2. The van der Waals surface area contributed by atoms with E-state index in [1.54, 1.807) is 23.9 Å². The summed E-state index contributed by atoms with van der Waals surface area (Å²) < 4.78 is 27.0. The minimum Gasteiger partial charge on any atom is -0.489 e. The zero-order valence-electron chi connectivity index (χ0n) is 51.9. The zero-order chi connectivity index (χ0) is 56.7. The molecule has 0 bridgehead atoms. The van der Waals surface area contributed by atoms with Gasteiger partial charge in [-0.15, -0.1) is 0 Å². The number of ether oxygens (including phenoxy) is 2. The number of rotatable bonds is 30. The highest BCUT2D eigenvalue weighted by atomic mass is 19.1. The number of aromatic nitrogens is 1. The number of nitrogens with zero attached hydrogens (tertiary/aromatic N) is 1. The molecule has 1 aromatic heterocycles. The molecule has 5 unspecified atom stereocenters. The Morgan fingerprint density at radius 3 is 2.08 bits per heavy atom. The molecule has 0 saturated heterocycles. The number of allylic oxidation sites excluding steroid dienone is 6. The van der Waals surface area contributed by atoms with E-state index in [-0.39, 0.29) is 5.82 Å². The van der Waals surface area contributed by atoms with Crippen molar-refractivity contribution in [3.05, 3.63) is 106 Å². The number of hydrogen-bond donors (Lipinski definition) is 2. The van der Waals surface area contributed by atoms with Gasteiger partial charge < -0.3 is 14.5 Å². The Morgan fingerprint density at radius 1 is 0.800 bits per heavy atom. The van der Waals surface area contributed by atoms with Gasteiger partial charge in [0.2, 0.25) is 0 Å². The summed E-state index contributed by atoms with van der Waals surface area (Å²) in [6.07, 6.45) is 26.9. The average molecular weight is 1040 g/mol. The highest BCUT2D eigenvalue weighted by Crippen LogP contribution is 2.41. The molecule has 0 aliphatic heterocycles. The molecule has 1 aliphatic rings. The van der Waals surface area contributed by atoms with Crippen LogP contribution in [0.2, 0.25) is 0 Å². The minimum atomic E-state index is -0.474. The standard InChI is InChI=1S/C59H88FN3O3.C3H8.3C2H6/c1-12-18-25-51(52-36-34-49(60)39-53(52)41(7)17-6)47(22-14-3)31-29-42(8)43(9)30-35-50(44(10)46-32-33-46)45(11)63-54(24-16-5)56(27-19-13-2)66-59(64)61-37-21-38-65-57-28-20-26-55-58(57)48(23-15-4)40-62-55;1-3-2;3*1-2/h20-21,25-26,28,34,36-37,39-43,47,56,62H,12-19,22-24,27,29-33,35,38H2,1-11H3,(H,61,64);3H2,1-2H3;3*1-2H3/b37-21+,50-45-,51-25+,63-54?;;;;. The molecule has 426 valence electrons. The van der Waals surface area contributed by atoms with E-state index in [0.29, 0.717) is 30.3 Å². The molecule has 2 N–H and O–H groups in total. The lowest BCUT2D eigenvalue weighted by atomic mass is 9.78. The summed E-state index contributed by atoms with van der Waals surface area (Å²) >= 11 is 0. The van der Waals surface area contributed by atoms with E-state index >= 15 is 0 Å². The summed E-state index contributed by atoms with van der Waals surface area (Å²) in [5.41, 5.74) is 12.5. The molecular weight excluding hydrogens is 926 g/mol. The van der Waals surface area contributed by atoms with Crippen molar-refractivity contribution >= 4 is 28.3 Å². The first kappa shape index (κ1) is 70.6. The fourth-order valence-corrected chi connectivity index (χ4v) is 9.51. The second-order valence-corrected chi connectivity index (χ2v) is 20.0. The maximum atomic E-state index is 14.6. The van der Waals surface area contributed by atoms with Crippen LogP contribution in [0, 0.1) is 23.6 Å². The zero-order valence-corrected chi connectivity index (χ0v) is 51.9. The first-order valence-corrected chi connectivity index (χ1v) is 30.6. The summed E-state index contributed by atoms with van der Waals surface area (Å²) in [5.74, 6) is 2.58. The third-order valence-corrected chi connectivity index (χ3v) is 14.1. The molecule has 5 atom stereocenters. The van der Waals surface area contributed by atoms with E-state index in [1.165, 1.54) is 47.1 Å². The van der Waals surface area contributed by atoms with E-state index < -0.39 is 12.2 Å². The van der Waals surface area contributed by atoms with Gasteiger partial charge in [0, 0.05) is 29.0 Å². The molecule has 3 aromatic rings. The number of benzene rings is 2. The van der Waals surface area contributed by atoms with Gasteiger partial charge in [-0.2, -0.15) is 0 Å². The van der Waals surface area contributed by atoms with Crippen molar-refractivity contribution in [2.45, 2.75) is 266 Å². The Kier molecular flexibility index (Phi) is 40.2. The average Bonchev–Trinajstić information content (AvgIpc) is 4.20. The SMILES string of the molecule is CC.CC.CC.CCC.CCC/C=C(/c1ccc(F)cc1C(C)CC)C(CCC)CCC(C)C(C)CC/C(C(C)=C1CC1)=C(\C)N=C(CCC)C(CCCC)OC(=O)N/C=C/COc1cccc2[nH]cc(CCC)c12. The number of amides is 1. The van der Waals surface area contributed by atoms with Crippen LogP contribution in [-0.2, 0) is 11.2 Å². The van der Waals surface area contributed by atoms with Gasteiger partial charge in [-0.25, -0.2) is 9.18 Å². The van der Waals surface area contributed by atoms with Crippen molar-refractivity contribution in [2.75, 3.05) is 6.61 Å². The van der Waals surface area contributed by atoms with E-state index in [0.717, 1.165) is 136 Å². The number of aromatic amines is 1. The van der Waals surface area contributed by atoms with Crippen molar-refractivity contribution in [1.82, 2.24) is 10.3 Å². The molecule has 2 aromatic carbocycles. The normalized spacial score (nSPS) is 14.5. The maximum absolute atomic E-state index is 14.6. The van der Waals surface area contributed by atoms with Crippen LogP contribution in [-0.4, -0.2) is 29.5 Å². The first-order chi connectivity index (χ1) is 36.3. The first-order valence-electron chi connectivity index (χ1n) is 30.6. The van der Waals surface area contributed by atoms with Crippen molar-refractivity contribution in [3.8, 4) is 5.75 Å². The fraction of sp³-hybridized carbons (Fsp3) is 0.647. The molecule has 75 heavy (non-hydrogen) atoms. The Labute approximate surface area is 461 Å². The summed E-state index contributed by atoms with van der Waals surface area (Å²) in [7, 11) is 0. The van der Waals surface area contributed by atoms with Crippen LogP contribution in [0.25, 0.3) is 16.5 Å². The van der Waals surface area contributed by atoms with Gasteiger partial charge in [-0.05, 0) is 185 Å². The Bertz CT molecular complexity index is 2130. The number of carbonyl (C=O) groups is 1. The second-order valence-electron chi connectivity index (χ2n) is 20.0. The third-order valence-electron chi connectivity index (χ3n) is 14.1. The molecule has 1 aliphatic carbocycles. The summed E-state index contributed by atoms with van der Waals surface area (Å²) in [6.45, 7) is 41.4. The molecule has 4 rings (SSSR count). The van der Waals surface area contributed by atoms with Crippen LogP contribution in [0.1, 0.15) is 270 Å². The van der Waals surface area contributed by atoms with Crippen molar-refractivity contribution in [1.29, 1.82) is 0 Å². The Hall–Kier alpha value is -4.39. The van der Waals surface area contributed by atoms with Gasteiger partial charge >= 0.3 is 6.09 Å². The predicted molar refractivity (Wildman–Crippen MR) is 330 cm³/mol. The molecule has 6 nitrogen and oxygen atoms in total. The molecular formula is C68H114FN3O3. The number of fused-ring (bicyclic) bond motifs is 1. The van der Waals surface area contributed by atoms with Crippen molar-refractivity contribution in [2.24, 2.45) is 22.7 Å². The summed E-state index contributed by atoms with van der Waals surface area (Å²) in [4.78, 5) is 22.1. The number of alkyl carbamates (subject to hydrolysis) is 1. The largest absolute Gasteiger partial charge is 0.489 e. The van der Waals surface area contributed by atoms with E-state index in [1.807, 2.05) is 59.8 Å². The van der Waals surface area contributed by atoms with Crippen LogP contribution >= 0.6 is 0 Å². The van der Waals surface area contributed by atoms with Gasteiger partial charge in [-0.3, -0.25) is 10.3 Å². The van der Waals surface area contributed by atoms with Gasteiger partial charge in [0.05, 0.1) is 5.71 Å². The van der Waals surface area contributed by atoms with Crippen LogP contribution in [0.15, 0.2) is 88.4 Å². The summed E-state index contributed by atoms with van der Waals surface area (Å²) in [5, 5.41) is 3.96. The van der Waals surface area contributed by atoms with Gasteiger partial charge in [-0.1, -0.05) is 180 Å². The smallest absolute Gasteiger partial charge is 0.411 e. The fourth-order valence-electron chi connectivity index (χ4n) is 9.51. The highest BCUT2D eigenvalue weighted by molar-refractivity contribution is 5.91. The van der Waals surface area contributed by atoms with Crippen LogP contribution < -0.4 is 10.1 Å². The van der Waals surface area contributed by atoms with E-state index in [4.69, 9.17) is 14.5 Å². The quantitative estimate of drug-likeness (QED) is 0.0653. The molecule has 1 saturated carbocycles. The molecule has 1 amide bonds. The Morgan fingerprint density at radius 2 is 1.48 bits per heavy atom. The minimum absolute atomic E-state index is 0.136. The van der Waals surface area contributed by atoms with Gasteiger partial charge in [0.1, 0.15) is 24.3 Å². The number of aliphatic imine (C=N–C) groups is 1. The molecule has 0 radical (unpaired) electrons. The molecule has 0 spiro atoms. The monoisotopic (exact) mass is 1040 g/mol. The van der Waals surface area contributed by atoms with Crippen LogP contribution in [0.3, 0.4) is 0 Å². The van der Waals surface area contributed by atoms with Gasteiger partial charge in [0.15, 0.2) is 0 Å². The molecule has 7 heteroatoms. The lowest BCUT2D eigenvalue weighted by Gasteiger charge is -2.27. The number of H-pyrrole nitrogens is 1. The maximum Gasteiger partial charge on any atom is 0.411 e. The highest BCUT2D eigenvalue weighted by Gasteiger charge is 2.25. The lowest BCUT2D eigenvalue weighted by Crippen LogP contribution is -2.31. The third kappa shape index (κ3) is 25.5. The number of carbonyl (C=O) groups excluding carboxylic acids is 1. The topological polar surface area (TPSA) is 75.7 Å². The number of nitrogens with one attached hydrogen (secondary N) is 2. The van der Waals surface area contributed by atoms with Crippen molar-refractivity contribution < 1.29 is 18.7 Å². The lowest BCUT2D eigenvalue weighted by molar-refractivity contribution is 0.125.